The normalized spacial score (nSPS) is 18.9. The molecule has 5 heteroatoms. The van der Waals surface area contributed by atoms with Crippen LogP contribution in [0.15, 0.2) is 65.8 Å². The van der Waals surface area contributed by atoms with Gasteiger partial charge in [0.15, 0.2) is 0 Å². The summed E-state index contributed by atoms with van der Waals surface area (Å²) in [6.45, 7) is 3.53. The van der Waals surface area contributed by atoms with Gasteiger partial charge in [0.25, 0.3) is 0 Å². The third-order valence-corrected chi connectivity index (χ3v) is 4.87. The van der Waals surface area contributed by atoms with Crippen LogP contribution < -0.4 is 0 Å². The van der Waals surface area contributed by atoms with Gasteiger partial charge >= 0.3 is 5.97 Å². The monoisotopic (exact) mass is 364 g/mol. The Bertz CT molecular complexity index is 833. The smallest absolute Gasteiger partial charge is 0.305 e. The van der Waals surface area contributed by atoms with Gasteiger partial charge in [-0.3, -0.25) is 9.59 Å². The van der Waals surface area contributed by atoms with Crippen molar-refractivity contribution < 1.29 is 14.3 Å². The minimum atomic E-state index is -0.660. The first-order valence-corrected chi connectivity index (χ1v) is 9.21. The lowest BCUT2D eigenvalue weighted by molar-refractivity contribution is -0.145. The van der Waals surface area contributed by atoms with Crippen LogP contribution in [0.1, 0.15) is 44.2 Å². The second-order valence-corrected chi connectivity index (χ2v) is 6.64. The minimum absolute atomic E-state index is 0.133. The molecule has 0 bridgehead atoms. The Hall–Kier alpha value is -2.95. The fourth-order valence-corrected chi connectivity index (χ4v) is 3.51. The molecule has 1 unspecified atom stereocenters. The van der Waals surface area contributed by atoms with Crippen LogP contribution in [0.25, 0.3) is 0 Å². The van der Waals surface area contributed by atoms with E-state index >= 15 is 0 Å². The van der Waals surface area contributed by atoms with E-state index in [0.29, 0.717) is 19.3 Å². The summed E-state index contributed by atoms with van der Waals surface area (Å²) in [6.07, 6.45) is 1.40. The largest absolute Gasteiger partial charge is 0.466 e. The van der Waals surface area contributed by atoms with Crippen molar-refractivity contribution in [3.63, 3.8) is 0 Å². The lowest BCUT2D eigenvalue weighted by atomic mass is 9.81. The first-order valence-electron chi connectivity index (χ1n) is 9.21. The Morgan fingerprint density at radius 1 is 1.07 bits per heavy atom. The third kappa shape index (κ3) is 3.92. The van der Waals surface area contributed by atoms with Crippen molar-refractivity contribution >= 4 is 17.6 Å². The fourth-order valence-electron chi connectivity index (χ4n) is 3.51. The molecule has 1 aliphatic heterocycles. The molecule has 2 aromatic carbocycles. The van der Waals surface area contributed by atoms with Crippen LogP contribution >= 0.6 is 0 Å². The van der Waals surface area contributed by atoms with Gasteiger partial charge < -0.3 is 4.74 Å². The van der Waals surface area contributed by atoms with E-state index in [1.807, 2.05) is 60.7 Å². The first-order chi connectivity index (χ1) is 13.1. The molecule has 0 saturated heterocycles. The number of carbonyl (C=O) groups is 2. The molecule has 5 nitrogen and oxygen atoms in total. The molecule has 27 heavy (non-hydrogen) atoms. The number of carbonyl (C=O) groups excluding carboxylic acids is 2. The van der Waals surface area contributed by atoms with Crippen molar-refractivity contribution in [2.45, 2.75) is 38.6 Å². The van der Waals surface area contributed by atoms with Crippen molar-refractivity contribution in [1.29, 1.82) is 0 Å². The quantitative estimate of drug-likeness (QED) is 0.731. The number of hydrogen-bond donors (Lipinski definition) is 0. The molecule has 1 aliphatic rings. The Balaban J connectivity index is 1.98. The van der Waals surface area contributed by atoms with Crippen LogP contribution in [0.3, 0.4) is 0 Å². The zero-order valence-electron chi connectivity index (χ0n) is 15.7. The number of nitrogens with zero attached hydrogens (tertiary/aromatic N) is 2. The van der Waals surface area contributed by atoms with Crippen molar-refractivity contribution in [1.82, 2.24) is 5.01 Å². The summed E-state index contributed by atoms with van der Waals surface area (Å²) in [5, 5.41) is 6.23. The molecule has 3 rings (SSSR count). The Kier molecular flexibility index (Phi) is 5.69. The Morgan fingerprint density at radius 3 is 2.30 bits per heavy atom. The van der Waals surface area contributed by atoms with Gasteiger partial charge in [-0.25, -0.2) is 5.01 Å². The summed E-state index contributed by atoms with van der Waals surface area (Å²) in [4.78, 5) is 24.1. The molecule has 0 saturated carbocycles. The van der Waals surface area contributed by atoms with E-state index in [0.717, 1.165) is 16.8 Å². The summed E-state index contributed by atoms with van der Waals surface area (Å²) >= 11 is 0. The Morgan fingerprint density at radius 2 is 1.70 bits per heavy atom. The zero-order valence-corrected chi connectivity index (χ0v) is 15.7. The molecule has 0 N–H and O–H groups in total. The highest BCUT2D eigenvalue weighted by molar-refractivity contribution is 6.03. The lowest BCUT2D eigenvalue weighted by Crippen LogP contribution is -2.43. The molecular weight excluding hydrogens is 340 g/mol. The van der Waals surface area contributed by atoms with Gasteiger partial charge in [-0.1, -0.05) is 67.6 Å². The first kappa shape index (κ1) is 18.8. The van der Waals surface area contributed by atoms with Gasteiger partial charge in [-0.2, -0.15) is 5.10 Å². The highest BCUT2D eigenvalue weighted by Crippen LogP contribution is 2.42. The summed E-state index contributed by atoms with van der Waals surface area (Å²) in [5.74, 6) is -0.374. The predicted octanol–water partition coefficient (Wildman–Crippen LogP) is 3.88. The maximum absolute atomic E-state index is 12.5. The third-order valence-electron chi connectivity index (χ3n) is 4.87. The highest BCUT2D eigenvalue weighted by Gasteiger charge is 2.46. The van der Waals surface area contributed by atoms with Gasteiger partial charge in [0, 0.05) is 26.2 Å². The summed E-state index contributed by atoms with van der Waals surface area (Å²) in [6, 6.07) is 19.7. The van der Waals surface area contributed by atoms with Crippen LogP contribution in [0.5, 0.6) is 0 Å². The number of ether oxygens (including phenoxy) is 1. The number of hydrazone groups is 1. The van der Waals surface area contributed by atoms with Crippen molar-refractivity contribution in [2.24, 2.45) is 5.10 Å². The number of amides is 1. The molecule has 2 aromatic rings. The molecule has 1 atom stereocenters. The van der Waals surface area contributed by atoms with Crippen molar-refractivity contribution in [3.05, 3.63) is 71.8 Å². The predicted molar refractivity (Wildman–Crippen MR) is 104 cm³/mol. The second-order valence-electron chi connectivity index (χ2n) is 6.64. The minimum Gasteiger partial charge on any atom is -0.466 e. The maximum atomic E-state index is 12.5. The van der Waals surface area contributed by atoms with Crippen molar-refractivity contribution in [3.8, 4) is 0 Å². The van der Waals surface area contributed by atoms with Crippen LogP contribution in [0.2, 0.25) is 0 Å². The standard InChI is InChI=1S/C22H24N2O3/c1-3-21(26)27-15-14-22(19-12-8-5-9-13-19)16-20(23-24(22)17(2)25)18-10-6-4-7-11-18/h4-13H,3,14-16H2,1-2H3. The second kappa shape index (κ2) is 8.16. The molecular formula is C22H24N2O3. The van der Waals surface area contributed by atoms with E-state index in [1.165, 1.54) is 6.92 Å². The number of hydrogen-bond acceptors (Lipinski definition) is 4. The van der Waals surface area contributed by atoms with Crippen LogP contribution in [-0.2, 0) is 19.9 Å². The molecule has 0 fully saturated rings. The molecule has 140 valence electrons. The molecule has 0 radical (unpaired) electrons. The van der Waals surface area contributed by atoms with E-state index in [9.17, 15) is 9.59 Å². The van der Waals surface area contributed by atoms with Gasteiger partial charge in [0.05, 0.1) is 12.3 Å². The average molecular weight is 364 g/mol. The van der Waals surface area contributed by atoms with Crippen molar-refractivity contribution in [2.75, 3.05) is 6.61 Å². The molecule has 1 amide bonds. The van der Waals surface area contributed by atoms with E-state index in [2.05, 4.69) is 5.10 Å². The fraction of sp³-hybridized carbons (Fsp3) is 0.318. The van der Waals surface area contributed by atoms with Gasteiger partial charge in [0.1, 0.15) is 5.54 Å². The molecule has 0 spiro atoms. The number of rotatable bonds is 6. The topological polar surface area (TPSA) is 59.0 Å². The molecule has 0 aliphatic carbocycles. The van der Waals surface area contributed by atoms with Crippen LogP contribution in [-0.4, -0.2) is 29.2 Å². The molecule has 0 aromatic heterocycles. The summed E-state index contributed by atoms with van der Waals surface area (Å²) in [7, 11) is 0. The van der Waals surface area contributed by atoms with E-state index in [4.69, 9.17) is 4.74 Å². The van der Waals surface area contributed by atoms with E-state index in [-0.39, 0.29) is 18.5 Å². The van der Waals surface area contributed by atoms with Gasteiger partial charge in [-0.05, 0) is 11.1 Å². The number of benzene rings is 2. The SMILES string of the molecule is CCC(=O)OCCC1(c2ccccc2)CC(c2ccccc2)=NN1C(C)=O. The molecule has 1 heterocycles. The number of esters is 1. The van der Waals surface area contributed by atoms with E-state index in [1.54, 1.807) is 11.9 Å². The summed E-state index contributed by atoms with van der Waals surface area (Å²) < 4.78 is 5.34. The van der Waals surface area contributed by atoms with Crippen LogP contribution in [0, 0.1) is 0 Å². The zero-order chi connectivity index (χ0) is 19.3. The Labute approximate surface area is 159 Å². The van der Waals surface area contributed by atoms with Gasteiger partial charge in [0.2, 0.25) is 5.91 Å². The van der Waals surface area contributed by atoms with Gasteiger partial charge in [-0.15, -0.1) is 0 Å². The van der Waals surface area contributed by atoms with E-state index < -0.39 is 5.54 Å². The van der Waals surface area contributed by atoms with Crippen LogP contribution in [0.4, 0.5) is 0 Å². The highest BCUT2D eigenvalue weighted by atomic mass is 16.5. The summed E-state index contributed by atoms with van der Waals surface area (Å²) in [5.41, 5.74) is 2.18. The lowest BCUT2D eigenvalue weighted by Gasteiger charge is -2.36. The average Bonchev–Trinajstić information content (AvgIpc) is 3.10. The maximum Gasteiger partial charge on any atom is 0.305 e.